The van der Waals surface area contributed by atoms with Crippen LogP contribution in [-0.4, -0.2) is 82.2 Å². The third kappa shape index (κ3) is 5.51. The SMILES string of the molecule is COc1ccc(-c2oc3c(c2CC(=O)NCC(c2ccco2)N2CCOCC2)C(=O)C2(Oc4c(Cl)c(OC)cc(OC)c4C2=O)C(C)C3)cc1. The van der Waals surface area contributed by atoms with Gasteiger partial charge in [0.1, 0.15) is 45.1 Å². The molecule has 1 N–H and O–H groups in total. The Morgan fingerprint density at radius 2 is 1.74 bits per heavy atom. The Morgan fingerprint density at radius 1 is 1.02 bits per heavy atom. The lowest BCUT2D eigenvalue weighted by molar-refractivity contribution is -0.120. The molecule has 1 fully saturated rings. The number of amides is 1. The van der Waals surface area contributed by atoms with E-state index in [-0.39, 0.29) is 64.7 Å². The fourth-order valence-corrected chi connectivity index (χ4v) is 7.45. The third-order valence-corrected chi connectivity index (χ3v) is 10.1. The van der Waals surface area contributed by atoms with Gasteiger partial charge in [-0.2, -0.15) is 0 Å². The average molecular weight is 705 g/mol. The van der Waals surface area contributed by atoms with Gasteiger partial charge in [0.05, 0.1) is 58.8 Å². The summed E-state index contributed by atoms with van der Waals surface area (Å²) in [5.41, 5.74) is -0.778. The van der Waals surface area contributed by atoms with E-state index in [2.05, 4.69) is 10.2 Å². The van der Waals surface area contributed by atoms with E-state index in [0.717, 1.165) is 5.76 Å². The van der Waals surface area contributed by atoms with Crippen molar-refractivity contribution < 1.29 is 46.9 Å². The summed E-state index contributed by atoms with van der Waals surface area (Å²) in [4.78, 5) is 45.3. The molecule has 0 saturated carbocycles. The van der Waals surface area contributed by atoms with Gasteiger partial charge in [-0.15, -0.1) is 0 Å². The number of carbonyl (C=O) groups is 3. The van der Waals surface area contributed by atoms with E-state index in [1.807, 2.05) is 12.1 Å². The highest BCUT2D eigenvalue weighted by molar-refractivity contribution is 6.36. The molecular weight excluding hydrogens is 668 g/mol. The summed E-state index contributed by atoms with van der Waals surface area (Å²) >= 11 is 6.64. The first kappa shape index (κ1) is 33.7. The number of hydrogen-bond donors (Lipinski definition) is 1. The summed E-state index contributed by atoms with van der Waals surface area (Å²) in [5.74, 6) is 0.295. The topological polar surface area (TPSA) is 139 Å². The Kier molecular flexibility index (Phi) is 9.10. The molecule has 13 heteroatoms. The lowest BCUT2D eigenvalue weighted by atomic mass is 9.70. The lowest BCUT2D eigenvalue weighted by Gasteiger charge is -2.35. The average Bonchev–Trinajstić information content (AvgIpc) is 3.87. The van der Waals surface area contributed by atoms with Crippen molar-refractivity contribution in [1.29, 1.82) is 0 Å². The van der Waals surface area contributed by atoms with Crippen molar-refractivity contribution in [3.05, 3.63) is 82.0 Å². The lowest BCUT2D eigenvalue weighted by Crippen LogP contribution is -2.56. The zero-order chi connectivity index (χ0) is 35.2. The van der Waals surface area contributed by atoms with Crippen LogP contribution in [0.1, 0.15) is 50.8 Å². The van der Waals surface area contributed by atoms with Crippen LogP contribution >= 0.6 is 11.6 Å². The van der Waals surface area contributed by atoms with Gasteiger partial charge < -0.3 is 37.8 Å². The number of benzene rings is 2. The van der Waals surface area contributed by atoms with Crippen LogP contribution in [0.15, 0.2) is 57.6 Å². The maximum atomic E-state index is 14.9. The molecule has 2 aromatic carbocycles. The second-order valence-electron chi connectivity index (χ2n) is 12.5. The van der Waals surface area contributed by atoms with E-state index >= 15 is 0 Å². The molecule has 2 aliphatic heterocycles. The van der Waals surface area contributed by atoms with Crippen LogP contribution in [0.4, 0.5) is 0 Å². The van der Waals surface area contributed by atoms with E-state index in [4.69, 9.17) is 44.1 Å². The van der Waals surface area contributed by atoms with Gasteiger partial charge in [0.15, 0.2) is 5.75 Å². The van der Waals surface area contributed by atoms with Crippen LogP contribution in [0.5, 0.6) is 23.0 Å². The molecule has 0 radical (unpaired) electrons. The third-order valence-electron chi connectivity index (χ3n) is 9.79. The molecule has 262 valence electrons. The van der Waals surface area contributed by atoms with E-state index in [0.29, 0.717) is 54.7 Å². The highest BCUT2D eigenvalue weighted by atomic mass is 35.5. The molecular formula is C37H37ClN2O10. The van der Waals surface area contributed by atoms with Crippen molar-refractivity contribution in [3.63, 3.8) is 0 Å². The summed E-state index contributed by atoms with van der Waals surface area (Å²) in [7, 11) is 4.41. The molecule has 3 aliphatic rings. The predicted molar refractivity (Wildman–Crippen MR) is 181 cm³/mol. The fraction of sp³-hybridized carbons (Fsp3) is 0.378. The molecule has 7 rings (SSSR count). The normalized spacial score (nSPS) is 20.6. The van der Waals surface area contributed by atoms with E-state index < -0.39 is 23.1 Å². The molecule has 0 bridgehead atoms. The number of hydrogen-bond acceptors (Lipinski definition) is 11. The number of morpholine rings is 1. The molecule has 2 aromatic heterocycles. The number of furan rings is 2. The summed E-state index contributed by atoms with van der Waals surface area (Å²) in [5, 5.41) is 3.10. The molecule has 12 nitrogen and oxygen atoms in total. The van der Waals surface area contributed by atoms with Gasteiger partial charge in [-0.05, 0) is 36.4 Å². The minimum atomic E-state index is -1.97. The Balaban J connectivity index is 1.26. The smallest absolute Gasteiger partial charge is 0.237 e. The number of carbonyl (C=O) groups excluding carboxylic acids is 3. The number of methoxy groups -OCH3 is 3. The second-order valence-corrected chi connectivity index (χ2v) is 12.9. The van der Waals surface area contributed by atoms with Gasteiger partial charge in [-0.1, -0.05) is 18.5 Å². The standard InChI is InChI=1S/C37H37ClN2O10/c1-20-16-27-30(35(42)37(20)36(43)31-26(45-3)18-28(46-4)32(38)34(31)50-37)23(33(49-27)21-7-9-22(44-2)10-8-21)17-29(41)39-19-24(25-6-5-13-48-25)40-11-14-47-15-12-40/h5-10,13,18,20,24H,11-12,14-17,19H2,1-4H3,(H,39,41). The van der Waals surface area contributed by atoms with Crippen molar-refractivity contribution in [1.82, 2.24) is 10.2 Å². The quantitative estimate of drug-likeness (QED) is 0.214. The minimum absolute atomic E-state index is 0.0155. The Morgan fingerprint density at radius 3 is 2.40 bits per heavy atom. The zero-order valence-electron chi connectivity index (χ0n) is 28.1. The highest BCUT2D eigenvalue weighted by Gasteiger charge is 2.63. The number of Topliss-reactive ketones (excluding diaryl/α,β-unsaturated/α-hetero) is 2. The van der Waals surface area contributed by atoms with E-state index in [1.165, 1.54) is 20.3 Å². The molecule has 1 spiro atoms. The summed E-state index contributed by atoms with van der Waals surface area (Å²) in [6.45, 7) is 4.54. The summed E-state index contributed by atoms with van der Waals surface area (Å²) in [6.07, 6.45) is 1.58. The Labute approximate surface area is 293 Å². The number of rotatable bonds is 10. The molecule has 4 heterocycles. The first-order valence-corrected chi connectivity index (χ1v) is 16.7. The van der Waals surface area contributed by atoms with Crippen LogP contribution in [0.2, 0.25) is 5.02 Å². The van der Waals surface area contributed by atoms with Crippen molar-refractivity contribution >= 4 is 29.1 Å². The monoisotopic (exact) mass is 704 g/mol. The highest BCUT2D eigenvalue weighted by Crippen LogP contribution is 2.54. The van der Waals surface area contributed by atoms with Gasteiger partial charge in [0.2, 0.25) is 23.1 Å². The van der Waals surface area contributed by atoms with Gasteiger partial charge in [0.25, 0.3) is 0 Å². The zero-order valence-corrected chi connectivity index (χ0v) is 28.9. The van der Waals surface area contributed by atoms with Gasteiger partial charge in [-0.3, -0.25) is 19.3 Å². The number of ether oxygens (including phenoxy) is 5. The Bertz CT molecular complexity index is 1930. The largest absolute Gasteiger partial charge is 0.497 e. The molecule has 50 heavy (non-hydrogen) atoms. The van der Waals surface area contributed by atoms with E-state index in [9.17, 15) is 14.4 Å². The number of nitrogens with one attached hydrogen (secondary N) is 1. The van der Waals surface area contributed by atoms with Gasteiger partial charge in [-0.25, -0.2) is 0 Å². The maximum absolute atomic E-state index is 14.9. The first-order valence-electron chi connectivity index (χ1n) is 16.4. The minimum Gasteiger partial charge on any atom is -0.497 e. The molecule has 3 unspecified atom stereocenters. The molecule has 1 amide bonds. The number of ketones is 2. The van der Waals surface area contributed by atoms with Crippen LogP contribution in [0, 0.1) is 5.92 Å². The van der Waals surface area contributed by atoms with Crippen molar-refractivity contribution in [3.8, 4) is 34.3 Å². The first-order chi connectivity index (χ1) is 24.2. The molecule has 3 atom stereocenters. The number of fused-ring (bicyclic) bond motifs is 2. The van der Waals surface area contributed by atoms with Crippen LogP contribution in [-0.2, 0) is 22.4 Å². The van der Waals surface area contributed by atoms with Crippen molar-refractivity contribution in [2.45, 2.75) is 31.4 Å². The summed E-state index contributed by atoms with van der Waals surface area (Å²) in [6, 6.07) is 12.1. The van der Waals surface area contributed by atoms with Gasteiger partial charge in [0, 0.05) is 49.2 Å². The second kappa shape index (κ2) is 13.5. The van der Waals surface area contributed by atoms with Gasteiger partial charge >= 0.3 is 0 Å². The van der Waals surface area contributed by atoms with Crippen LogP contribution in [0.3, 0.4) is 0 Å². The number of halogens is 1. The van der Waals surface area contributed by atoms with Crippen molar-refractivity contribution in [2.24, 2.45) is 5.92 Å². The van der Waals surface area contributed by atoms with Crippen LogP contribution < -0.4 is 24.3 Å². The van der Waals surface area contributed by atoms with Crippen LogP contribution in [0.25, 0.3) is 11.3 Å². The maximum Gasteiger partial charge on any atom is 0.237 e. The summed E-state index contributed by atoms with van der Waals surface area (Å²) < 4.78 is 40.3. The molecule has 1 aliphatic carbocycles. The van der Waals surface area contributed by atoms with Crippen molar-refractivity contribution in [2.75, 3.05) is 54.2 Å². The number of nitrogens with zero attached hydrogens (tertiary/aromatic N) is 1. The Hall–Kier alpha value is -4.78. The predicted octanol–water partition coefficient (Wildman–Crippen LogP) is 5.34. The molecule has 1 saturated heterocycles. The van der Waals surface area contributed by atoms with E-state index in [1.54, 1.807) is 44.6 Å². The molecule has 4 aromatic rings. The fourth-order valence-electron chi connectivity index (χ4n) is 7.19.